The van der Waals surface area contributed by atoms with Gasteiger partial charge in [0.05, 0.1) is 6.10 Å². The van der Waals surface area contributed by atoms with Crippen molar-refractivity contribution in [2.45, 2.75) is 140 Å². The fourth-order valence-electron chi connectivity index (χ4n) is 7.82. The number of carboxylic acids is 2. The summed E-state index contributed by atoms with van der Waals surface area (Å²) in [6.45, 7) is 10.0. The fourth-order valence-corrected chi connectivity index (χ4v) is 7.82. The molecule has 2 saturated heterocycles. The van der Waals surface area contributed by atoms with E-state index < -0.39 is 133 Å². The Morgan fingerprint density at radius 2 is 1.22 bits per heavy atom. The number of aliphatic hydroxyl groups is 1. The van der Waals surface area contributed by atoms with E-state index in [0.29, 0.717) is 19.3 Å². The van der Waals surface area contributed by atoms with Gasteiger partial charge in [0.25, 0.3) is 0 Å². The van der Waals surface area contributed by atoms with E-state index in [9.17, 15) is 63.3 Å². The van der Waals surface area contributed by atoms with Gasteiger partial charge in [-0.2, -0.15) is 0 Å². The Morgan fingerprint density at radius 1 is 0.692 bits per heavy atom. The molecule has 2 fully saturated rings. The van der Waals surface area contributed by atoms with Crippen LogP contribution in [-0.2, 0) is 54.4 Å². The van der Waals surface area contributed by atoms with Crippen molar-refractivity contribution < 1.29 is 63.3 Å². The third-order valence-electron chi connectivity index (χ3n) is 11.0. The van der Waals surface area contributed by atoms with Crippen molar-refractivity contribution >= 4 is 59.2 Å². The van der Waals surface area contributed by atoms with Gasteiger partial charge in [-0.3, -0.25) is 47.9 Å². The first kappa shape index (κ1) is 53.0. The molecule has 0 bridgehead atoms. The van der Waals surface area contributed by atoms with Crippen LogP contribution in [0.5, 0.6) is 0 Å². The molecular formula is C44H64N8O13. The first-order chi connectivity index (χ1) is 30.7. The van der Waals surface area contributed by atoms with Crippen LogP contribution in [0.15, 0.2) is 43.0 Å². The molecule has 9 N–H and O–H groups in total. The summed E-state index contributed by atoms with van der Waals surface area (Å²) in [7, 11) is 0. The molecule has 358 valence electrons. The van der Waals surface area contributed by atoms with Gasteiger partial charge in [0.1, 0.15) is 42.3 Å². The Morgan fingerprint density at radius 3 is 1.74 bits per heavy atom. The van der Waals surface area contributed by atoms with E-state index in [1.807, 2.05) is 13.8 Å². The standard InChI is InChI=1S/C44H64N8O13/c1-6-20-45-40(61)33-14-10-21-51(33)43(64)30(17-19-36(57)58)48-42(63)37(26(4)53)50-38(59)29(16-18-35(55)56)47-41(62)34-15-11-22-52(34)44(65)32(23-25(2)3)49-39(60)31(46-27(5)54)24-28-12-8-7-9-13-28/h6-9,12-13,25-26,29-34,37,53H,1,10-11,14-24H2,2-5H3,(H,45,61)(H,46,54)(H,47,62)(H,48,63)(H,49,60)(H,50,59)(H,55,56)(H,57,58)/t26-,29-,30-,31-,32-,33+,34-,37-/m1/s1. The van der Waals surface area contributed by atoms with Crippen LogP contribution < -0.4 is 31.9 Å². The van der Waals surface area contributed by atoms with E-state index >= 15 is 0 Å². The van der Waals surface area contributed by atoms with Crippen molar-refractivity contribution in [2.75, 3.05) is 19.6 Å². The quantitative estimate of drug-likeness (QED) is 0.0539. The number of hydrogen-bond acceptors (Lipinski definition) is 11. The summed E-state index contributed by atoms with van der Waals surface area (Å²) >= 11 is 0. The minimum atomic E-state index is -1.80. The monoisotopic (exact) mass is 912 g/mol. The van der Waals surface area contributed by atoms with Crippen LogP contribution in [0.2, 0.25) is 0 Å². The number of rotatable bonds is 25. The Labute approximate surface area is 377 Å². The molecule has 8 amide bonds. The van der Waals surface area contributed by atoms with Gasteiger partial charge in [0.15, 0.2) is 0 Å². The SMILES string of the molecule is C=CCNC(=O)[C@@H]1CCCN1C(=O)[C@@H](CCC(=O)O)NC(=O)[C@H](NC(=O)[C@@H](CCC(=O)O)NC(=O)[C@H]1CCCN1C(=O)[C@@H](CC(C)C)NC(=O)[C@@H](Cc1ccccc1)NC(C)=O)[C@@H](C)O. The van der Waals surface area contributed by atoms with Gasteiger partial charge in [0.2, 0.25) is 47.3 Å². The van der Waals surface area contributed by atoms with Crippen LogP contribution in [0, 0.1) is 5.92 Å². The summed E-state index contributed by atoms with van der Waals surface area (Å²) in [4.78, 5) is 134. The average molecular weight is 913 g/mol. The topological polar surface area (TPSA) is 310 Å². The maximum absolute atomic E-state index is 14.2. The molecule has 21 heteroatoms. The first-order valence-corrected chi connectivity index (χ1v) is 21.9. The molecule has 0 aromatic heterocycles. The van der Waals surface area contributed by atoms with Gasteiger partial charge in [-0.05, 0) is 63.4 Å². The normalized spacial score (nSPS) is 18.5. The predicted molar refractivity (Wildman–Crippen MR) is 233 cm³/mol. The summed E-state index contributed by atoms with van der Waals surface area (Å²) < 4.78 is 0. The molecule has 65 heavy (non-hydrogen) atoms. The van der Waals surface area contributed by atoms with Crippen LogP contribution in [0.25, 0.3) is 0 Å². The molecule has 2 heterocycles. The Balaban J connectivity index is 1.81. The van der Waals surface area contributed by atoms with Gasteiger partial charge < -0.3 is 57.0 Å². The number of likely N-dealkylation sites (tertiary alicyclic amines) is 2. The highest BCUT2D eigenvalue weighted by atomic mass is 16.4. The van der Waals surface area contributed by atoms with Crippen LogP contribution >= 0.6 is 0 Å². The number of hydrogen-bond donors (Lipinski definition) is 9. The number of benzene rings is 1. The molecule has 8 atom stereocenters. The molecule has 0 unspecified atom stereocenters. The minimum absolute atomic E-state index is 0.104. The van der Waals surface area contributed by atoms with E-state index in [4.69, 9.17) is 0 Å². The molecule has 3 rings (SSSR count). The van der Waals surface area contributed by atoms with Crippen molar-refractivity contribution in [1.82, 2.24) is 41.7 Å². The summed E-state index contributed by atoms with van der Waals surface area (Å²) in [5.41, 5.74) is 0.763. The van der Waals surface area contributed by atoms with Crippen LogP contribution in [0.4, 0.5) is 0 Å². The van der Waals surface area contributed by atoms with Gasteiger partial charge in [-0.25, -0.2) is 0 Å². The molecule has 1 aromatic carbocycles. The Hall–Kier alpha value is -6.38. The van der Waals surface area contributed by atoms with E-state index in [1.54, 1.807) is 30.3 Å². The molecule has 21 nitrogen and oxygen atoms in total. The molecule has 0 radical (unpaired) electrons. The molecule has 0 aliphatic carbocycles. The minimum Gasteiger partial charge on any atom is -0.481 e. The zero-order chi connectivity index (χ0) is 48.4. The second-order valence-corrected chi connectivity index (χ2v) is 16.8. The van der Waals surface area contributed by atoms with Crippen molar-refractivity contribution in [1.29, 1.82) is 0 Å². The maximum Gasteiger partial charge on any atom is 0.303 e. The van der Waals surface area contributed by atoms with E-state index in [2.05, 4.69) is 38.5 Å². The summed E-state index contributed by atoms with van der Waals surface area (Å²) in [5.74, 6) is -8.63. The smallest absolute Gasteiger partial charge is 0.303 e. The maximum atomic E-state index is 14.2. The van der Waals surface area contributed by atoms with Gasteiger partial charge in [0, 0.05) is 45.8 Å². The number of carbonyl (C=O) groups is 10. The molecule has 0 spiro atoms. The first-order valence-electron chi connectivity index (χ1n) is 21.9. The lowest BCUT2D eigenvalue weighted by molar-refractivity contribution is -0.144. The number of carbonyl (C=O) groups excluding carboxylic acids is 8. The number of aliphatic carboxylic acids is 2. The highest BCUT2D eigenvalue weighted by Crippen LogP contribution is 2.22. The van der Waals surface area contributed by atoms with E-state index in [-0.39, 0.29) is 44.8 Å². The summed E-state index contributed by atoms with van der Waals surface area (Å²) in [6, 6.07) is -0.158. The third kappa shape index (κ3) is 16.6. The lowest BCUT2D eigenvalue weighted by atomic mass is 10.00. The third-order valence-corrected chi connectivity index (χ3v) is 11.0. The summed E-state index contributed by atoms with van der Waals surface area (Å²) in [5, 5.41) is 44.8. The number of nitrogens with zero attached hydrogens (tertiary/aromatic N) is 2. The molecule has 1 aromatic rings. The molecule has 2 aliphatic rings. The fraction of sp³-hybridized carbons (Fsp3) is 0.591. The van der Waals surface area contributed by atoms with Gasteiger partial charge in [-0.15, -0.1) is 6.58 Å². The highest BCUT2D eigenvalue weighted by molar-refractivity contribution is 5.98. The van der Waals surface area contributed by atoms with Crippen LogP contribution in [0.3, 0.4) is 0 Å². The lowest BCUT2D eigenvalue weighted by Gasteiger charge is -2.32. The van der Waals surface area contributed by atoms with Crippen LogP contribution in [-0.4, -0.2) is 152 Å². The largest absolute Gasteiger partial charge is 0.481 e. The van der Waals surface area contributed by atoms with Crippen molar-refractivity contribution in [3.63, 3.8) is 0 Å². The molecular weight excluding hydrogens is 849 g/mol. The zero-order valence-corrected chi connectivity index (χ0v) is 37.4. The number of amides is 8. The van der Waals surface area contributed by atoms with Gasteiger partial charge in [-0.1, -0.05) is 50.3 Å². The zero-order valence-electron chi connectivity index (χ0n) is 37.4. The molecule has 2 aliphatic heterocycles. The van der Waals surface area contributed by atoms with E-state index in [1.165, 1.54) is 22.8 Å². The van der Waals surface area contributed by atoms with Crippen LogP contribution in [0.1, 0.15) is 91.0 Å². The van der Waals surface area contributed by atoms with Crippen molar-refractivity contribution in [3.8, 4) is 0 Å². The summed E-state index contributed by atoms with van der Waals surface area (Å²) in [6.07, 6.45) is -0.679. The molecule has 0 saturated carbocycles. The number of nitrogens with one attached hydrogen (secondary N) is 6. The second kappa shape index (κ2) is 25.8. The number of carboxylic acid groups (broad SMARTS) is 2. The lowest BCUT2D eigenvalue weighted by Crippen LogP contribution is -2.61. The predicted octanol–water partition coefficient (Wildman–Crippen LogP) is -0.886. The number of aliphatic hydroxyl groups excluding tert-OH is 1. The van der Waals surface area contributed by atoms with Crippen molar-refractivity contribution in [3.05, 3.63) is 48.6 Å². The van der Waals surface area contributed by atoms with Gasteiger partial charge >= 0.3 is 11.9 Å². The highest BCUT2D eigenvalue weighted by Gasteiger charge is 2.42. The average Bonchev–Trinajstić information content (AvgIpc) is 3.95. The van der Waals surface area contributed by atoms with E-state index in [0.717, 1.165) is 12.5 Å². The van der Waals surface area contributed by atoms with Crippen molar-refractivity contribution in [2.24, 2.45) is 5.92 Å². The second-order valence-electron chi connectivity index (χ2n) is 16.8. The Kier molecular flexibility index (Phi) is 21.0. The Bertz CT molecular complexity index is 1890.